The zero-order chi connectivity index (χ0) is 15.1. The molecule has 1 atom stereocenters. The third-order valence-corrected chi connectivity index (χ3v) is 4.91. The molecule has 4 rings (SSSR count). The van der Waals surface area contributed by atoms with Crippen molar-refractivity contribution in [1.29, 1.82) is 0 Å². The second-order valence-electron chi connectivity index (χ2n) is 6.25. The molecule has 3 aromatic rings. The molecule has 1 unspecified atom stereocenters. The highest BCUT2D eigenvalue weighted by Gasteiger charge is 2.21. The predicted octanol–water partition coefficient (Wildman–Crippen LogP) is 4.67. The number of nitrogens with one attached hydrogen (secondary N) is 2. The van der Waals surface area contributed by atoms with E-state index in [2.05, 4.69) is 59.5 Å². The van der Waals surface area contributed by atoms with Gasteiger partial charge in [0.15, 0.2) is 5.82 Å². The van der Waals surface area contributed by atoms with Crippen LogP contribution in [0.5, 0.6) is 0 Å². The summed E-state index contributed by atoms with van der Waals surface area (Å²) in [6, 6.07) is 11.2. The lowest BCUT2D eigenvalue weighted by atomic mass is 9.88. The summed E-state index contributed by atoms with van der Waals surface area (Å²) in [6.45, 7) is 4.28. The first-order valence-corrected chi connectivity index (χ1v) is 8.02. The van der Waals surface area contributed by atoms with E-state index < -0.39 is 0 Å². The highest BCUT2D eigenvalue weighted by molar-refractivity contribution is 5.92. The molecular formula is C19H21N3. The van der Waals surface area contributed by atoms with Crippen LogP contribution in [0.25, 0.3) is 10.9 Å². The maximum absolute atomic E-state index is 4.59. The maximum atomic E-state index is 4.59. The lowest BCUT2D eigenvalue weighted by molar-refractivity contribution is 0.599. The summed E-state index contributed by atoms with van der Waals surface area (Å²) in [5, 5.41) is 4.94. The molecule has 0 bridgehead atoms. The third-order valence-electron chi connectivity index (χ3n) is 4.91. The molecule has 112 valence electrons. The predicted molar refractivity (Wildman–Crippen MR) is 91.3 cm³/mol. The summed E-state index contributed by atoms with van der Waals surface area (Å²) in [5.74, 6) is 0.968. The Kier molecular flexibility index (Phi) is 3.14. The SMILES string of the molecule is Cc1[nH]c2c(NC3CCCc4ccccc43)nccc2c1C. The minimum absolute atomic E-state index is 0.354. The Labute approximate surface area is 130 Å². The molecule has 0 fully saturated rings. The van der Waals surface area contributed by atoms with Crippen LogP contribution in [0, 0.1) is 13.8 Å². The first-order valence-electron chi connectivity index (χ1n) is 8.02. The molecular weight excluding hydrogens is 270 g/mol. The second-order valence-corrected chi connectivity index (χ2v) is 6.25. The number of anilines is 1. The summed E-state index contributed by atoms with van der Waals surface area (Å²) in [6.07, 6.45) is 5.48. The van der Waals surface area contributed by atoms with Crippen LogP contribution in [0.4, 0.5) is 5.82 Å². The van der Waals surface area contributed by atoms with Gasteiger partial charge in [0.25, 0.3) is 0 Å². The summed E-state index contributed by atoms with van der Waals surface area (Å²) in [4.78, 5) is 8.07. The van der Waals surface area contributed by atoms with E-state index in [-0.39, 0.29) is 0 Å². The summed E-state index contributed by atoms with van der Waals surface area (Å²) < 4.78 is 0. The Balaban J connectivity index is 1.75. The molecule has 0 saturated carbocycles. The van der Waals surface area contributed by atoms with E-state index in [4.69, 9.17) is 0 Å². The average Bonchev–Trinajstić information content (AvgIpc) is 2.84. The number of hydrogen-bond acceptors (Lipinski definition) is 2. The van der Waals surface area contributed by atoms with Crippen LogP contribution >= 0.6 is 0 Å². The number of aromatic amines is 1. The largest absolute Gasteiger partial charge is 0.362 e. The van der Waals surface area contributed by atoms with E-state index in [1.165, 1.54) is 40.6 Å². The molecule has 0 spiro atoms. The third kappa shape index (κ3) is 2.08. The van der Waals surface area contributed by atoms with Gasteiger partial charge >= 0.3 is 0 Å². The molecule has 0 radical (unpaired) electrons. The van der Waals surface area contributed by atoms with Crippen LogP contribution in [-0.2, 0) is 6.42 Å². The van der Waals surface area contributed by atoms with Crippen LogP contribution in [0.2, 0.25) is 0 Å². The van der Waals surface area contributed by atoms with E-state index in [0.29, 0.717) is 6.04 Å². The summed E-state index contributed by atoms with van der Waals surface area (Å²) >= 11 is 0. The number of aromatic nitrogens is 2. The van der Waals surface area contributed by atoms with Gasteiger partial charge in [-0.3, -0.25) is 0 Å². The summed E-state index contributed by atoms with van der Waals surface area (Å²) in [5.41, 5.74) is 6.55. The van der Waals surface area contributed by atoms with Gasteiger partial charge in [0.1, 0.15) is 0 Å². The zero-order valence-electron chi connectivity index (χ0n) is 13.1. The minimum atomic E-state index is 0.354. The molecule has 0 saturated heterocycles. The quantitative estimate of drug-likeness (QED) is 0.720. The fourth-order valence-electron chi connectivity index (χ4n) is 3.56. The van der Waals surface area contributed by atoms with Crippen molar-refractivity contribution in [2.45, 2.75) is 39.2 Å². The first kappa shape index (κ1) is 13.4. The fourth-order valence-corrected chi connectivity index (χ4v) is 3.56. The summed E-state index contributed by atoms with van der Waals surface area (Å²) in [7, 11) is 0. The van der Waals surface area contributed by atoms with Gasteiger partial charge in [0.2, 0.25) is 0 Å². The van der Waals surface area contributed by atoms with Crippen LogP contribution in [0.1, 0.15) is 41.3 Å². The molecule has 1 aliphatic rings. The number of rotatable bonds is 2. The molecule has 1 aromatic carbocycles. The molecule has 2 aromatic heterocycles. The lowest BCUT2D eigenvalue weighted by Gasteiger charge is -2.27. The first-order chi connectivity index (χ1) is 10.7. The molecule has 0 amide bonds. The molecule has 22 heavy (non-hydrogen) atoms. The normalized spacial score (nSPS) is 17.5. The number of benzene rings is 1. The number of fused-ring (bicyclic) bond motifs is 2. The van der Waals surface area contributed by atoms with E-state index in [1.54, 1.807) is 0 Å². The average molecular weight is 291 g/mol. The Bertz CT molecular complexity index is 832. The van der Waals surface area contributed by atoms with Crippen LogP contribution in [-0.4, -0.2) is 9.97 Å². The van der Waals surface area contributed by atoms with Gasteiger partial charge in [0, 0.05) is 17.3 Å². The van der Waals surface area contributed by atoms with E-state index in [9.17, 15) is 0 Å². The topological polar surface area (TPSA) is 40.7 Å². The molecule has 0 aliphatic heterocycles. The van der Waals surface area contributed by atoms with E-state index in [1.807, 2.05) is 6.20 Å². The van der Waals surface area contributed by atoms with Gasteiger partial charge in [-0.05, 0) is 55.9 Å². The second kappa shape index (κ2) is 5.16. The number of hydrogen-bond donors (Lipinski definition) is 2. The minimum Gasteiger partial charge on any atom is -0.362 e. The van der Waals surface area contributed by atoms with Crippen LogP contribution in [0.15, 0.2) is 36.5 Å². The van der Waals surface area contributed by atoms with E-state index in [0.717, 1.165) is 17.8 Å². The van der Waals surface area contributed by atoms with Crippen molar-refractivity contribution in [2.75, 3.05) is 5.32 Å². The molecule has 3 nitrogen and oxygen atoms in total. The van der Waals surface area contributed by atoms with Crippen LogP contribution in [0.3, 0.4) is 0 Å². The van der Waals surface area contributed by atoms with Crippen molar-refractivity contribution >= 4 is 16.7 Å². The Morgan fingerprint density at radius 2 is 2.05 bits per heavy atom. The lowest BCUT2D eigenvalue weighted by Crippen LogP contribution is -2.18. The van der Waals surface area contributed by atoms with Gasteiger partial charge < -0.3 is 10.3 Å². The van der Waals surface area contributed by atoms with Crippen molar-refractivity contribution in [3.8, 4) is 0 Å². The van der Waals surface area contributed by atoms with Crippen molar-refractivity contribution in [2.24, 2.45) is 0 Å². The number of H-pyrrole nitrogens is 1. The van der Waals surface area contributed by atoms with Gasteiger partial charge in [-0.15, -0.1) is 0 Å². The van der Waals surface area contributed by atoms with E-state index >= 15 is 0 Å². The Morgan fingerprint density at radius 1 is 1.18 bits per heavy atom. The van der Waals surface area contributed by atoms with Crippen molar-refractivity contribution in [3.63, 3.8) is 0 Å². The van der Waals surface area contributed by atoms with Crippen molar-refractivity contribution in [1.82, 2.24) is 9.97 Å². The highest BCUT2D eigenvalue weighted by atomic mass is 15.0. The standard InChI is InChI=1S/C19H21N3/c1-12-13(2)21-18-15(12)10-11-20-19(18)22-17-9-5-7-14-6-3-4-8-16(14)17/h3-4,6,8,10-11,17,21H,5,7,9H2,1-2H3,(H,20,22). The van der Waals surface area contributed by atoms with Gasteiger partial charge in [0.05, 0.1) is 11.6 Å². The fraction of sp³-hybridized carbons (Fsp3) is 0.316. The molecule has 1 aliphatic carbocycles. The monoisotopic (exact) mass is 291 g/mol. The number of pyridine rings is 1. The van der Waals surface area contributed by atoms with Gasteiger partial charge in [-0.2, -0.15) is 0 Å². The van der Waals surface area contributed by atoms with Crippen LogP contribution < -0.4 is 5.32 Å². The van der Waals surface area contributed by atoms with Crippen molar-refractivity contribution < 1.29 is 0 Å². The van der Waals surface area contributed by atoms with Gasteiger partial charge in [-0.25, -0.2) is 4.98 Å². The van der Waals surface area contributed by atoms with Gasteiger partial charge in [-0.1, -0.05) is 24.3 Å². The number of nitrogens with zero attached hydrogens (tertiary/aromatic N) is 1. The number of aryl methyl sites for hydroxylation is 3. The Morgan fingerprint density at radius 3 is 2.95 bits per heavy atom. The molecule has 2 N–H and O–H groups in total. The Hall–Kier alpha value is -2.29. The maximum Gasteiger partial charge on any atom is 0.150 e. The highest BCUT2D eigenvalue weighted by Crippen LogP contribution is 2.34. The van der Waals surface area contributed by atoms with Crippen molar-refractivity contribution in [3.05, 3.63) is 58.9 Å². The zero-order valence-corrected chi connectivity index (χ0v) is 13.1. The molecule has 2 heterocycles. The smallest absolute Gasteiger partial charge is 0.150 e. The molecule has 3 heteroatoms.